The van der Waals surface area contributed by atoms with E-state index < -0.39 is 12.1 Å². The SMILES string of the molecule is COc1ccccc1C=CCN1CCC2(CC1)c1ccccc1[C@@H](NC(=O)COc1ccccc1)[C@@H]2O. The quantitative estimate of drug-likeness (QED) is 0.483. The number of para-hydroxylation sites is 2. The van der Waals surface area contributed by atoms with Gasteiger partial charge in [-0.1, -0.05) is 72.8 Å². The minimum absolute atomic E-state index is 0.0886. The summed E-state index contributed by atoms with van der Waals surface area (Å²) in [7, 11) is 1.69. The van der Waals surface area contributed by atoms with Gasteiger partial charge in [-0.25, -0.2) is 0 Å². The highest BCUT2D eigenvalue weighted by Crippen LogP contribution is 2.50. The number of hydrogen-bond acceptors (Lipinski definition) is 5. The first-order valence-electron chi connectivity index (χ1n) is 12.9. The third kappa shape index (κ3) is 5.26. The Kier molecular flexibility index (Phi) is 7.58. The molecule has 3 aromatic rings. The number of fused-ring (bicyclic) bond motifs is 2. The maximum absolute atomic E-state index is 12.8. The second-order valence-electron chi connectivity index (χ2n) is 9.78. The van der Waals surface area contributed by atoms with Crippen LogP contribution in [-0.4, -0.2) is 55.4 Å². The van der Waals surface area contributed by atoms with E-state index in [4.69, 9.17) is 9.47 Å². The average molecular weight is 499 g/mol. The van der Waals surface area contributed by atoms with Crippen LogP contribution in [0.3, 0.4) is 0 Å². The van der Waals surface area contributed by atoms with Gasteiger partial charge in [0.25, 0.3) is 5.91 Å². The Morgan fingerprint density at radius 2 is 1.73 bits per heavy atom. The molecule has 3 aromatic carbocycles. The van der Waals surface area contributed by atoms with Crippen molar-refractivity contribution in [2.24, 2.45) is 0 Å². The van der Waals surface area contributed by atoms with E-state index in [1.807, 2.05) is 72.8 Å². The summed E-state index contributed by atoms with van der Waals surface area (Å²) in [6.07, 6.45) is 5.26. The van der Waals surface area contributed by atoms with Crippen LogP contribution in [-0.2, 0) is 10.2 Å². The zero-order valence-electron chi connectivity index (χ0n) is 21.2. The number of rotatable bonds is 8. The van der Waals surface area contributed by atoms with Crippen molar-refractivity contribution >= 4 is 12.0 Å². The topological polar surface area (TPSA) is 71.0 Å². The molecule has 0 unspecified atom stereocenters. The molecule has 2 atom stereocenters. The number of nitrogens with zero attached hydrogens (tertiary/aromatic N) is 1. The Morgan fingerprint density at radius 1 is 1.03 bits per heavy atom. The number of likely N-dealkylation sites (tertiary alicyclic amines) is 1. The van der Waals surface area contributed by atoms with E-state index in [1.165, 1.54) is 0 Å². The minimum atomic E-state index is -0.683. The lowest BCUT2D eigenvalue weighted by atomic mass is 9.72. The lowest BCUT2D eigenvalue weighted by Gasteiger charge is -2.42. The Morgan fingerprint density at radius 3 is 2.51 bits per heavy atom. The molecule has 192 valence electrons. The normalized spacial score (nSPS) is 20.6. The zero-order chi connectivity index (χ0) is 25.7. The number of hydrogen-bond donors (Lipinski definition) is 2. The van der Waals surface area contributed by atoms with Crippen LogP contribution in [0.15, 0.2) is 84.9 Å². The van der Waals surface area contributed by atoms with Crippen molar-refractivity contribution in [3.05, 3.63) is 102 Å². The van der Waals surface area contributed by atoms with Crippen LogP contribution in [0, 0.1) is 0 Å². The minimum Gasteiger partial charge on any atom is -0.496 e. The van der Waals surface area contributed by atoms with Crippen LogP contribution in [0.4, 0.5) is 0 Å². The van der Waals surface area contributed by atoms with Crippen LogP contribution in [0.5, 0.6) is 11.5 Å². The predicted molar refractivity (Wildman–Crippen MR) is 145 cm³/mol. The highest BCUT2D eigenvalue weighted by molar-refractivity contribution is 5.78. The number of ether oxygens (including phenoxy) is 2. The molecule has 5 rings (SSSR count). The van der Waals surface area contributed by atoms with Crippen molar-refractivity contribution in [1.29, 1.82) is 0 Å². The predicted octanol–water partition coefficient (Wildman–Crippen LogP) is 4.35. The maximum Gasteiger partial charge on any atom is 0.258 e. The molecule has 1 fully saturated rings. The average Bonchev–Trinajstić information content (AvgIpc) is 3.16. The van der Waals surface area contributed by atoms with Crippen molar-refractivity contribution in [3.8, 4) is 11.5 Å². The van der Waals surface area contributed by atoms with Crippen LogP contribution < -0.4 is 14.8 Å². The van der Waals surface area contributed by atoms with E-state index in [0.29, 0.717) is 5.75 Å². The van der Waals surface area contributed by atoms with Gasteiger partial charge >= 0.3 is 0 Å². The molecule has 1 aliphatic carbocycles. The Bertz CT molecular complexity index is 1230. The highest BCUT2D eigenvalue weighted by Gasteiger charge is 2.52. The molecule has 1 saturated heterocycles. The van der Waals surface area contributed by atoms with Crippen LogP contribution in [0.1, 0.15) is 35.6 Å². The molecule has 0 bridgehead atoms. The molecular weight excluding hydrogens is 464 g/mol. The van der Waals surface area contributed by atoms with Gasteiger partial charge < -0.3 is 19.9 Å². The van der Waals surface area contributed by atoms with Gasteiger partial charge in [0.2, 0.25) is 0 Å². The van der Waals surface area contributed by atoms with E-state index in [-0.39, 0.29) is 17.9 Å². The van der Waals surface area contributed by atoms with Gasteiger partial charge in [-0.15, -0.1) is 0 Å². The first kappa shape index (κ1) is 25.1. The molecule has 0 aromatic heterocycles. The number of carbonyl (C=O) groups excluding carboxylic acids is 1. The second-order valence-corrected chi connectivity index (χ2v) is 9.78. The van der Waals surface area contributed by atoms with Gasteiger partial charge in [0.05, 0.1) is 19.3 Å². The molecule has 37 heavy (non-hydrogen) atoms. The molecule has 1 aliphatic heterocycles. The van der Waals surface area contributed by atoms with Gasteiger partial charge in [-0.3, -0.25) is 9.69 Å². The number of benzene rings is 3. The van der Waals surface area contributed by atoms with Gasteiger partial charge in [-0.2, -0.15) is 0 Å². The molecule has 1 heterocycles. The van der Waals surface area contributed by atoms with Gasteiger partial charge in [-0.05, 0) is 55.3 Å². The Labute approximate surface area is 218 Å². The van der Waals surface area contributed by atoms with Crippen molar-refractivity contribution in [1.82, 2.24) is 10.2 Å². The Balaban J connectivity index is 1.22. The third-order valence-electron chi connectivity index (χ3n) is 7.69. The smallest absolute Gasteiger partial charge is 0.258 e. The molecule has 0 saturated carbocycles. The van der Waals surface area contributed by atoms with E-state index >= 15 is 0 Å². The fourth-order valence-electron chi connectivity index (χ4n) is 5.74. The molecule has 0 radical (unpaired) electrons. The molecular formula is C31H34N2O4. The summed E-state index contributed by atoms with van der Waals surface area (Å²) in [6.45, 7) is 2.50. The van der Waals surface area contributed by atoms with Crippen LogP contribution >= 0.6 is 0 Å². The first-order chi connectivity index (χ1) is 18.1. The largest absolute Gasteiger partial charge is 0.496 e. The zero-order valence-corrected chi connectivity index (χ0v) is 21.2. The summed E-state index contributed by atoms with van der Waals surface area (Å²) in [4.78, 5) is 15.2. The number of amides is 1. The lowest BCUT2D eigenvalue weighted by molar-refractivity contribution is -0.125. The van der Waals surface area contributed by atoms with Crippen molar-refractivity contribution < 1.29 is 19.4 Å². The summed E-state index contributed by atoms with van der Waals surface area (Å²) >= 11 is 0. The fraction of sp³-hybridized carbons (Fsp3) is 0.323. The van der Waals surface area contributed by atoms with Gasteiger partial charge in [0.1, 0.15) is 11.5 Å². The molecule has 1 amide bonds. The number of methoxy groups -OCH3 is 1. The van der Waals surface area contributed by atoms with Crippen LogP contribution in [0.25, 0.3) is 6.08 Å². The molecule has 2 aliphatic rings. The molecule has 1 spiro atoms. The number of nitrogens with one attached hydrogen (secondary N) is 1. The standard InChI is InChI=1S/C31H34N2O4/c1-36-27-16-8-5-10-23(27)11-9-19-33-20-17-31(18-21-33)26-15-7-6-14-25(26)29(30(31)35)32-28(34)22-37-24-12-3-2-4-13-24/h2-16,29-30,35H,17-22H2,1H3,(H,32,34)/t29-,30+/m1/s1. The van der Waals surface area contributed by atoms with E-state index in [0.717, 1.165) is 54.9 Å². The van der Waals surface area contributed by atoms with Gasteiger partial charge in [0.15, 0.2) is 6.61 Å². The maximum atomic E-state index is 12.8. The summed E-state index contributed by atoms with van der Waals surface area (Å²) in [5, 5.41) is 14.6. The van der Waals surface area contributed by atoms with E-state index in [1.54, 1.807) is 7.11 Å². The second kappa shape index (κ2) is 11.2. The molecule has 6 heteroatoms. The molecule has 6 nitrogen and oxygen atoms in total. The van der Waals surface area contributed by atoms with E-state index in [2.05, 4.69) is 28.4 Å². The number of aliphatic hydroxyl groups excluding tert-OH is 1. The van der Waals surface area contributed by atoms with Crippen molar-refractivity contribution in [2.75, 3.05) is 33.4 Å². The van der Waals surface area contributed by atoms with Gasteiger partial charge in [0, 0.05) is 17.5 Å². The van der Waals surface area contributed by atoms with E-state index in [9.17, 15) is 9.90 Å². The first-order valence-corrected chi connectivity index (χ1v) is 12.9. The number of aliphatic hydroxyl groups is 1. The summed E-state index contributed by atoms with van der Waals surface area (Å²) in [5.74, 6) is 1.27. The third-order valence-corrected chi connectivity index (χ3v) is 7.69. The lowest BCUT2D eigenvalue weighted by Crippen LogP contribution is -2.50. The monoisotopic (exact) mass is 498 g/mol. The summed E-state index contributed by atoms with van der Waals surface area (Å²) < 4.78 is 11.1. The van der Waals surface area contributed by atoms with Crippen LogP contribution in [0.2, 0.25) is 0 Å². The number of carbonyl (C=O) groups is 1. The fourth-order valence-corrected chi connectivity index (χ4v) is 5.74. The Hall–Kier alpha value is -3.61. The number of piperidine rings is 1. The summed E-state index contributed by atoms with van der Waals surface area (Å²) in [6, 6.07) is 25.0. The van der Waals surface area contributed by atoms with Crippen molar-refractivity contribution in [3.63, 3.8) is 0 Å². The highest BCUT2D eigenvalue weighted by atomic mass is 16.5. The summed E-state index contributed by atoms with van der Waals surface area (Å²) in [5.41, 5.74) is 2.86. The molecule has 2 N–H and O–H groups in total. The van der Waals surface area contributed by atoms with Crippen molar-refractivity contribution in [2.45, 2.75) is 30.4 Å².